The van der Waals surface area contributed by atoms with Gasteiger partial charge in [0.05, 0.1) is 13.0 Å². The lowest BCUT2D eigenvalue weighted by atomic mass is 10.0. The molecule has 0 heterocycles. The fourth-order valence-corrected chi connectivity index (χ4v) is 0.804. The van der Waals surface area contributed by atoms with E-state index in [9.17, 15) is 9.90 Å². The predicted molar refractivity (Wildman–Crippen MR) is 45.2 cm³/mol. The van der Waals surface area contributed by atoms with Crippen LogP contribution < -0.4 is 0 Å². The summed E-state index contributed by atoms with van der Waals surface area (Å²) in [5.74, 6) is -0.379. The number of hydrogen-bond acceptors (Lipinski definition) is 2. The molecule has 0 aromatic rings. The highest BCUT2D eigenvalue weighted by molar-refractivity contribution is 5.69. The van der Waals surface area contributed by atoms with E-state index in [0.29, 0.717) is 0 Å². The monoisotopic (exact) mass is 173 g/mol. The Hall–Kier alpha value is -0.570. The van der Waals surface area contributed by atoms with Crippen LogP contribution in [0.25, 0.3) is 0 Å². The number of carbonyl (C=O) groups excluding carboxylic acids is 1. The van der Waals surface area contributed by atoms with Crippen molar-refractivity contribution in [2.24, 2.45) is 0 Å². The topological polar surface area (TPSA) is 46.2 Å². The maximum atomic E-state index is 11.0. The molecule has 0 aliphatic rings. The molecule has 0 saturated heterocycles. The Morgan fingerprint density at radius 3 is 2.17 bits per heavy atom. The third kappa shape index (κ3) is 3.72. The fourth-order valence-electron chi connectivity index (χ4n) is 0.804. The van der Waals surface area contributed by atoms with Crippen LogP contribution in [0.15, 0.2) is 0 Å². The summed E-state index contributed by atoms with van der Waals surface area (Å²) in [6, 6.07) is 0. The third-order valence-electron chi connectivity index (χ3n) is 2.16. The summed E-state index contributed by atoms with van der Waals surface area (Å²) in [5.41, 5.74) is -0.383. The molecule has 3 heteroatoms. The Morgan fingerprint density at radius 1 is 1.33 bits per heavy atom. The second-order valence-electron chi connectivity index (χ2n) is 3.09. The predicted octanol–water partition coefficient (Wildman–Crippen LogP) is 1.93. The molecule has 71 valence electrons. The zero-order valence-electron chi connectivity index (χ0n) is 8.05. The van der Waals surface area contributed by atoms with Gasteiger partial charge in [0, 0.05) is 0 Å². The van der Waals surface area contributed by atoms with Crippen LogP contribution in [0.1, 0.15) is 40.0 Å². The Kier molecular flexibility index (Phi) is 4.90. The SMILES string of the molecule is CCC(C)(CC)OC(=O)CC[O]. The molecule has 0 rings (SSSR count). The van der Waals surface area contributed by atoms with Crippen LogP contribution in [0.5, 0.6) is 0 Å². The van der Waals surface area contributed by atoms with E-state index in [1.807, 2.05) is 20.8 Å². The zero-order valence-corrected chi connectivity index (χ0v) is 8.05. The number of rotatable bonds is 5. The van der Waals surface area contributed by atoms with Crippen molar-refractivity contribution in [1.29, 1.82) is 0 Å². The maximum absolute atomic E-state index is 11.0. The Labute approximate surface area is 73.7 Å². The summed E-state index contributed by atoms with van der Waals surface area (Å²) in [7, 11) is 0. The lowest BCUT2D eigenvalue weighted by molar-refractivity contribution is -0.159. The van der Waals surface area contributed by atoms with E-state index in [2.05, 4.69) is 0 Å². The van der Waals surface area contributed by atoms with E-state index in [1.54, 1.807) is 0 Å². The van der Waals surface area contributed by atoms with Gasteiger partial charge in [-0.25, -0.2) is 5.11 Å². The average Bonchev–Trinajstić information content (AvgIpc) is 2.05. The maximum Gasteiger partial charge on any atom is 0.308 e. The fraction of sp³-hybridized carbons (Fsp3) is 0.889. The molecular formula is C9H17O3. The summed E-state index contributed by atoms with van der Waals surface area (Å²) in [6.07, 6.45) is 1.55. The van der Waals surface area contributed by atoms with Crippen LogP contribution >= 0.6 is 0 Å². The van der Waals surface area contributed by atoms with Crippen molar-refractivity contribution in [3.63, 3.8) is 0 Å². The molecule has 0 spiro atoms. The van der Waals surface area contributed by atoms with Crippen LogP contribution in [-0.2, 0) is 14.6 Å². The molecule has 3 nitrogen and oxygen atoms in total. The Balaban J connectivity index is 3.93. The average molecular weight is 173 g/mol. The molecule has 0 aliphatic carbocycles. The summed E-state index contributed by atoms with van der Waals surface area (Å²) in [4.78, 5) is 11.0. The summed E-state index contributed by atoms with van der Waals surface area (Å²) >= 11 is 0. The first-order valence-electron chi connectivity index (χ1n) is 4.38. The molecule has 0 amide bonds. The molecule has 12 heavy (non-hydrogen) atoms. The lowest BCUT2D eigenvalue weighted by Gasteiger charge is -2.26. The van der Waals surface area contributed by atoms with Crippen LogP contribution in [0.2, 0.25) is 0 Å². The van der Waals surface area contributed by atoms with Crippen LogP contribution in [-0.4, -0.2) is 18.2 Å². The lowest BCUT2D eigenvalue weighted by Crippen LogP contribution is -2.30. The van der Waals surface area contributed by atoms with E-state index in [4.69, 9.17) is 4.74 Å². The molecule has 0 fully saturated rings. The Bertz CT molecular complexity index is 139. The van der Waals surface area contributed by atoms with Crippen molar-refractivity contribution < 1.29 is 14.6 Å². The number of carbonyl (C=O) groups is 1. The normalized spacial score (nSPS) is 11.3. The second-order valence-corrected chi connectivity index (χ2v) is 3.09. The molecule has 0 aromatic carbocycles. The van der Waals surface area contributed by atoms with Gasteiger partial charge in [0.15, 0.2) is 0 Å². The van der Waals surface area contributed by atoms with Gasteiger partial charge in [0.2, 0.25) is 0 Å². The molecule has 1 radical (unpaired) electrons. The van der Waals surface area contributed by atoms with Crippen molar-refractivity contribution in [2.45, 2.75) is 45.6 Å². The van der Waals surface area contributed by atoms with Gasteiger partial charge in [0.25, 0.3) is 0 Å². The number of ether oxygens (including phenoxy) is 1. The standard InChI is InChI=1S/C9H17O3/c1-4-9(3,5-2)12-8(11)6-7-10/h4-7H2,1-3H3. The van der Waals surface area contributed by atoms with Crippen molar-refractivity contribution in [3.8, 4) is 0 Å². The van der Waals surface area contributed by atoms with Gasteiger partial charge in [-0.2, -0.15) is 0 Å². The van der Waals surface area contributed by atoms with E-state index in [-0.39, 0.29) is 24.6 Å². The van der Waals surface area contributed by atoms with Crippen LogP contribution in [0, 0.1) is 0 Å². The summed E-state index contributed by atoms with van der Waals surface area (Å²) < 4.78 is 5.14. The van der Waals surface area contributed by atoms with E-state index in [1.165, 1.54) is 0 Å². The van der Waals surface area contributed by atoms with Gasteiger partial charge in [0.1, 0.15) is 5.60 Å². The first kappa shape index (κ1) is 11.4. The molecule has 0 bridgehead atoms. The van der Waals surface area contributed by atoms with Crippen molar-refractivity contribution in [3.05, 3.63) is 0 Å². The first-order chi connectivity index (χ1) is 5.58. The Morgan fingerprint density at radius 2 is 1.83 bits per heavy atom. The van der Waals surface area contributed by atoms with Gasteiger partial charge in [-0.15, -0.1) is 0 Å². The minimum atomic E-state index is -0.387. The highest BCUT2D eigenvalue weighted by Crippen LogP contribution is 2.19. The summed E-state index contributed by atoms with van der Waals surface area (Å²) in [5, 5.41) is 10.1. The second kappa shape index (κ2) is 5.14. The highest BCUT2D eigenvalue weighted by Gasteiger charge is 2.23. The minimum Gasteiger partial charge on any atom is -0.459 e. The molecule has 0 aromatic heterocycles. The van der Waals surface area contributed by atoms with Gasteiger partial charge in [-0.1, -0.05) is 13.8 Å². The minimum absolute atomic E-state index is 0.0183. The van der Waals surface area contributed by atoms with Crippen LogP contribution in [0.3, 0.4) is 0 Å². The molecule has 0 atom stereocenters. The van der Waals surface area contributed by atoms with Crippen LogP contribution in [0.4, 0.5) is 0 Å². The molecule has 0 aliphatic heterocycles. The van der Waals surface area contributed by atoms with Gasteiger partial charge in [-0.3, -0.25) is 4.79 Å². The molecule has 0 N–H and O–H groups in total. The van der Waals surface area contributed by atoms with Gasteiger partial charge < -0.3 is 4.74 Å². The third-order valence-corrected chi connectivity index (χ3v) is 2.16. The number of hydrogen-bond donors (Lipinski definition) is 0. The zero-order chi connectivity index (χ0) is 9.61. The highest BCUT2D eigenvalue weighted by atomic mass is 16.6. The first-order valence-corrected chi connectivity index (χ1v) is 4.38. The van der Waals surface area contributed by atoms with Crippen molar-refractivity contribution in [1.82, 2.24) is 0 Å². The van der Waals surface area contributed by atoms with Gasteiger partial charge in [-0.05, 0) is 19.8 Å². The van der Waals surface area contributed by atoms with Gasteiger partial charge >= 0.3 is 5.97 Å². The smallest absolute Gasteiger partial charge is 0.308 e. The molecule has 0 unspecified atom stereocenters. The quantitative estimate of drug-likeness (QED) is 0.596. The van der Waals surface area contributed by atoms with Crippen molar-refractivity contribution in [2.75, 3.05) is 6.61 Å². The largest absolute Gasteiger partial charge is 0.459 e. The summed E-state index contributed by atoms with van der Waals surface area (Å²) in [6.45, 7) is 5.43. The van der Waals surface area contributed by atoms with E-state index < -0.39 is 0 Å². The van der Waals surface area contributed by atoms with E-state index >= 15 is 0 Å². The number of esters is 1. The molecular weight excluding hydrogens is 156 g/mol. The van der Waals surface area contributed by atoms with E-state index in [0.717, 1.165) is 12.8 Å². The molecule has 0 saturated carbocycles. The van der Waals surface area contributed by atoms with Crippen molar-refractivity contribution >= 4 is 5.97 Å².